The van der Waals surface area contributed by atoms with Crippen LogP contribution in [0.5, 0.6) is 5.75 Å². The quantitative estimate of drug-likeness (QED) is 0.544. The summed E-state index contributed by atoms with van der Waals surface area (Å²) in [4.78, 5) is 0. The van der Waals surface area contributed by atoms with Gasteiger partial charge >= 0.3 is 0 Å². The molecule has 0 aromatic heterocycles. The molecule has 2 heteroatoms. The third kappa shape index (κ3) is 3.97. The largest absolute Gasteiger partial charge is 0.432 e. The summed E-state index contributed by atoms with van der Waals surface area (Å²) in [6.45, 7) is 2.21. The maximum Gasteiger partial charge on any atom is 0.291 e. The Kier molecular flexibility index (Phi) is 5.84. The van der Waals surface area contributed by atoms with Gasteiger partial charge in [0.15, 0.2) is 0 Å². The van der Waals surface area contributed by atoms with Crippen molar-refractivity contribution in [2.24, 2.45) is 0 Å². The van der Waals surface area contributed by atoms with Gasteiger partial charge in [-0.1, -0.05) is 66.8 Å². The van der Waals surface area contributed by atoms with Gasteiger partial charge in [-0.25, -0.2) is 0 Å². The number of para-hydroxylation sites is 1. The molecule has 32 heavy (non-hydrogen) atoms. The number of rotatable bonds is 3. The first-order chi connectivity index (χ1) is 15.8. The van der Waals surface area contributed by atoms with Crippen LogP contribution in [0, 0.1) is 11.8 Å². The van der Waals surface area contributed by atoms with E-state index in [4.69, 9.17) is 4.74 Å². The standard InChI is InChI=1S/C30H29NO/c1-23-27(22-21-24-13-5-2-6-14-24)28-19-11-12-20-29(28)32-30(23,25-15-7-3-8-16-25)31-26-17-9-4-10-18-26/h2-3,5-8,11-16,19-20,26,31H,4,9-10,17-18H2,1H3/p+1. The second kappa shape index (κ2) is 9.07. The summed E-state index contributed by atoms with van der Waals surface area (Å²) in [7, 11) is 0. The van der Waals surface area contributed by atoms with Crippen LogP contribution < -0.4 is 10.1 Å². The van der Waals surface area contributed by atoms with Gasteiger partial charge in [0, 0.05) is 16.7 Å². The third-order valence-corrected chi connectivity index (χ3v) is 6.79. The highest BCUT2D eigenvalue weighted by molar-refractivity contribution is 5.87. The molecule has 1 unspecified atom stereocenters. The molecule has 0 saturated heterocycles. The fourth-order valence-corrected chi connectivity index (χ4v) is 5.07. The van der Waals surface area contributed by atoms with E-state index in [-0.39, 0.29) is 0 Å². The van der Waals surface area contributed by atoms with Gasteiger partial charge in [0.05, 0.1) is 17.2 Å². The number of nitrogens with two attached hydrogens (primary N) is 1. The van der Waals surface area contributed by atoms with Crippen molar-refractivity contribution in [2.45, 2.75) is 50.8 Å². The first-order valence-electron chi connectivity index (χ1n) is 11.7. The van der Waals surface area contributed by atoms with E-state index < -0.39 is 5.72 Å². The molecule has 160 valence electrons. The fourth-order valence-electron chi connectivity index (χ4n) is 5.07. The zero-order valence-electron chi connectivity index (χ0n) is 18.7. The van der Waals surface area contributed by atoms with Crippen molar-refractivity contribution in [3.8, 4) is 17.6 Å². The van der Waals surface area contributed by atoms with Crippen LogP contribution in [0.1, 0.15) is 55.7 Å². The van der Waals surface area contributed by atoms with E-state index in [1.165, 1.54) is 43.2 Å². The number of fused-ring (bicyclic) bond motifs is 1. The lowest BCUT2D eigenvalue weighted by molar-refractivity contribution is -0.790. The van der Waals surface area contributed by atoms with E-state index in [0.717, 1.165) is 22.4 Å². The SMILES string of the molecule is CC1=C(C#Cc2ccccc2)c2ccccc2OC1([NH2+]C1CCCCC1)c1ccccc1. The average Bonchev–Trinajstić information content (AvgIpc) is 2.86. The minimum Gasteiger partial charge on any atom is -0.432 e. The van der Waals surface area contributed by atoms with Crippen molar-refractivity contribution < 1.29 is 10.1 Å². The lowest BCUT2D eigenvalue weighted by Gasteiger charge is -2.40. The van der Waals surface area contributed by atoms with Crippen molar-refractivity contribution in [1.82, 2.24) is 0 Å². The molecule has 2 nitrogen and oxygen atoms in total. The Hall–Kier alpha value is -3.28. The molecular formula is C30H30NO+. The van der Waals surface area contributed by atoms with Gasteiger partial charge < -0.3 is 4.74 Å². The van der Waals surface area contributed by atoms with Gasteiger partial charge in [-0.2, -0.15) is 0 Å². The lowest BCUT2D eigenvalue weighted by atomic mass is 9.84. The van der Waals surface area contributed by atoms with Gasteiger partial charge in [0.2, 0.25) is 0 Å². The van der Waals surface area contributed by atoms with E-state index in [1.807, 2.05) is 18.2 Å². The summed E-state index contributed by atoms with van der Waals surface area (Å²) in [6.07, 6.45) is 6.41. The zero-order chi connectivity index (χ0) is 21.8. The minimum absolute atomic E-state index is 0.549. The molecule has 0 bridgehead atoms. The Balaban J connectivity index is 1.68. The maximum absolute atomic E-state index is 6.92. The molecule has 2 N–H and O–H groups in total. The predicted molar refractivity (Wildman–Crippen MR) is 130 cm³/mol. The summed E-state index contributed by atoms with van der Waals surface area (Å²) in [5.41, 5.74) is 4.94. The van der Waals surface area contributed by atoms with Crippen LogP contribution in [0.3, 0.4) is 0 Å². The highest BCUT2D eigenvalue weighted by atomic mass is 16.5. The van der Waals surface area contributed by atoms with E-state index in [0.29, 0.717) is 6.04 Å². The Morgan fingerprint density at radius 2 is 1.44 bits per heavy atom. The lowest BCUT2D eigenvalue weighted by Crippen LogP contribution is -3.01. The molecule has 0 amide bonds. The van der Waals surface area contributed by atoms with Crippen molar-refractivity contribution in [2.75, 3.05) is 0 Å². The van der Waals surface area contributed by atoms with Crippen molar-refractivity contribution in [3.63, 3.8) is 0 Å². The number of quaternary nitrogens is 1. The highest BCUT2D eigenvalue weighted by Gasteiger charge is 2.47. The normalized spacial score (nSPS) is 20.7. The summed E-state index contributed by atoms with van der Waals surface area (Å²) < 4.78 is 6.92. The summed E-state index contributed by atoms with van der Waals surface area (Å²) >= 11 is 0. The summed E-state index contributed by atoms with van der Waals surface area (Å²) in [6, 6.07) is 29.8. The van der Waals surface area contributed by atoms with Crippen LogP contribution >= 0.6 is 0 Å². The molecule has 3 aromatic carbocycles. The first-order valence-corrected chi connectivity index (χ1v) is 11.7. The molecule has 0 radical (unpaired) electrons. The van der Waals surface area contributed by atoms with Crippen LogP contribution in [0.4, 0.5) is 0 Å². The predicted octanol–water partition coefficient (Wildman–Crippen LogP) is 5.65. The van der Waals surface area contributed by atoms with Crippen LogP contribution in [0.15, 0.2) is 90.5 Å². The molecule has 1 atom stereocenters. The molecule has 1 heterocycles. The molecule has 5 rings (SSSR count). The van der Waals surface area contributed by atoms with E-state index in [2.05, 4.69) is 90.8 Å². The van der Waals surface area contributed by atoms with E-state index in [9.17, 15) is 0 Å². The second-order valence-electron chi connectivity index (χ2n) is 8.88. The number of ether oxygens (including phenoxy) is 1. The molecule has 0 spiro atoms. The molecule has 1 aliphatic heterocycles. The van der Waals surface area contributed by atoms with Crippen LogP contribution in [0.2, 0.25) is 0 Å². The number of hydrogen-bond donors (Lipinski definition) is 1. The number of allylic oxidation sites excluding steroid dienone is 1. The van der Waals surface area contributed by atoms with Gasteiger partial charge in [-0.15, -0.1) is 0 Å². The van der Waals surface area contributed by atoms with Crippen molar-refractivity contribution in [1.29, 1.82) is 0 Å². The first kappa shape index (κ1) is 20.6. The smallest absolute Gasteiger partial charge is 0.291 e. The number of benzene rings is 3. The second-order valence-corrected chi connectivity index (χ2v) is 8.88. The van der Waals surface area contributed by atoms with Crippen molar-refractivity contribution >= 4 is 5.57 Å². The number of hydrogen-bond acceptors (Lipinski definition) is 1. The average molecular weight is 421 g/mol. The minimum atomic E-state index is -0.599. The monoisotopic (exact) mass is 420 g/mol. The Morgan fingerprint density at radius 3 is 2.19 bits per heavy atom. The van der Waals surface area contributed by atoms with E-state index in [1.54, 1.807) is 0 Å². The molecule has 1 fully saturated rings. The molecular weight excluding hydrogens is 390 g/mol. The van der Waals surface area contributed by atoms with Gasteiger partial charge in [-0.05, 0) is 69.0 Å². The van der Waals surface area contributed by atoms with Crippen LogP contribution in [-0.4, -0.2) is 6.04 Å². The molecule has 1 saturated carbocycles. The van der Waals surface area contributed by atoms with E-state index >= 15 is 0 Å². The topological polar surface area (TPSA) is 25.8 Å². The third-order valence-electron chi connectivity index (χ3n) is 6.79. The Labute approximate surface area is 191 Å². The summed E-state index contributed by atoms with van der Waals surface area (Å²) in [5, 5.41) is 2.48. The molecule has 2 aliphatic rings. The van der Waals surface area contributed by atoms with Crippen molar-refractivity contribution in [3.05, 3.63) is 107 Å². The highest BCUT2D eigenvalue weighted by Crippen LogP contribution is 2.42. The zero-order valence-corrected chi connectivity index (χ0v) is 18.7. The fraction of sp³-hybridized carbons (Fsp3) is 0.267. The maximum atomic E-state index is 6.92. The Bertz CT molecular complexity index is 1160. The summed E-state index contributed by atoms with van der Waals surface area (Å²) in [5.74, 6) is 7.85. The van der Waals surface area contributed by atoms with Gasteiger partial charge in [-0.3, -0.25) is 5.32 Å². The van der Waals surface area contributed by atoms with Gasteiger partial charge in [0.25, 0.3) is 5.72 Å². The van der Waals surface area contributed by atoms with Crippen LogP contribution in [0.25, 0.3) is 5.57 Å². The van der Waals surface area contributed by atoms with Crippen LogP contribution in [-0.2, 0) is 5.72 Å². The van der Waals surface area contributed by atoms with Gasteiger partial charge in [0.1, 0.15) is 5.75 Å². The molecule has 1 aliphatic carbocycles. The molecule has 3 aromatic rings. The Morgan fingerprint density at radius 1 is 0.781 bits per heavy atom.